The standard InChI is InChI=1S/C14H19NO3/c1-13(2,3)12-14(4,5)10-8-9(15(16)17)6-7-11(10)18-12/h6-8,12H,1-5H3. The van der Waals surface area contributed by atoms with Gasteiger partial charge in [-0.3, -0.25) is 10.1 Å². The maximum atomic E-state index is 10.9. The highest BCUT2D eigenvalue weighted by molar-refractivity contribution is 5.51. The second-order valence-corrected chi connectivity index (χ2v) is 6.52. The van der Waals surface area contributed by atoms with E-state index in [9.17, 15) is 10.1 Å². The Balaban J connectivity index is 2.51. The summed E-state index contributed by atoms with van der Waals surface area (Å²) in [5.74, 6) is 0.769. The number of nitrogens with zero attached hydrogens (tertiary/aromatic N) is 1. The first-order valence-corrected chi connectivity index (χ1v) is 6.09. The lowest BCUT2D eigenvalue weighted by molar-refractivity contribution is -0.384. The van der Waals surface area contributed by atoms with Crippen LogP contribution in [0, 0.1) is 15.5 Å². The topological polar surface area (TPSA) is 52.4 Å². The first kappa shape index (κ1) is 12.9. The van der Waals surface area contributed by atoms with Gasteiger partial charge in [0.25, 0.3) is 5.69 Å². The molecule has 0 N–H and O–H groups in total. The van der Waals surface area contributed by atoms with E-state index in [-0.39, 0.29) is 27.5 Å². The van der Waals surface area contributed by atoms with Crippen molar-refractivity contribution in [2.24, 2.45) is 5.41 Å². The minimum absolute atomic E-state index is 0.0157. The molecule has 0 aromatic heterocycles. The molecule has 1 unspecified atom stereocenters. The van der Waals surface area contributed by atoms with Crippen LogP contribution in [-0.4, -0.2) is 11.0 Å². The molecule has 2 rings (SSSR count). The number of nitro benzene ring substituents is 1. The van der Waals surface area contributed by atoms with Crippen molar-refractivity contribution in [2.45, 2.75) is 46.1 Å². The van der Waals surface area contributed by atoms with Crippen LogP contribution in [0.5, 0.6) is 5.75 Å². The molecule has 0 saturated heterocycles. The quantitative estimate of drug-likeness (QED) is 0.563. The number of non-ortho nitro benzene ring substituents is 1. The summed E-state index contributed by atoms with van der Waals surface area (Å²) in [6.07, 6.45) is 0.0157. The van der Waals surface area contributed by atoms with E-state index in [0.29, 0.717) is 0 Å². The van der Waals surface area contributed by atoms with Gasteiger partial charge in [0.15, 0.2) is 0 Å². The predicted molar refractivity (Wildman–Crippen MR) is 70.0 cm³/mol. The molecule has 0 saturated carbocycles. The molecular formula is C14H19NO3. The van der Waals surface area contributed by atoms with E-state index >= 15 is 0 Å². The zero-order valence-electron chi connectivity index (χ0n) is 11.5. The van der Waals surface area contributed by atoms with Crippen LogP contribution in [0.1, 0.15) is 40.2 Å². The average Bonchev–Trinajstić information content (AvgIpc) is 2.50. The highest BCUT2D eigenvalue weighted by Gasteiger charge is 2.48. The van der Waals surface area contributed by atoms with Crippen molar-refractivity contribution < 1.29 is 9.66 Å². The molecule has 1 aliphatic heterocycles. The molecule has 0 aliphatic carbocycles. The molecule has 0 amide bonds. The maximum Gasteiger partial charge on any atom is 0.269 e. The van der Waals surface area contributed by atoms with Crippen LogP contribution in [0.3, 0.4) is 0 Å². The zero-order chi connectivity index (χ0) is 13.7. The summed E-state index contributed by atoms with van der Waals surface area (Å²) in [5, 5.41) is 10.9. The second-order valence-electron chi connectivity index (χ2n) is 6.52. The smallest absolute Gasteiger partial charge is 0.269 e. The zero-order valence-corrected chi connectivity index (χ0v) is 11.5. The number of fused-ring (bicyclic) bond motifs is 1. The first-order valence-electron chi connectivity index (χ1n) is 6.09. The minimum Gasteiger partial charge on any atom is -0.489 e. The number of nitro groups is 1. The van der Waals surface area contributed by atoms with Gasteiger partial charge in [-0.15, -0.1) is 0 Å². The van der Waals surface area contributed by atoms with E-state index < -0.39 is 0 Å². The van der Waals surface area contributed by atoms with Crippen LogP contribution in [0.25, 0.3) is 0 Å². The van der Waals surface area contributed by atoms with Gasteiger partial charge in [0, 0.05) is 23.1 Å². The Morgan fingerprint density at radius 2 is 1.94 bits per heavy atom. The molecule has 0 bridgehead atoms. The lowest BCUT2D eigenvalue weighted by Gasteiger charge is -2.36. The first-order chi connectivity index (χ1) is 8.14. The van der Waals surface area contributed by atoms with Gasteiger partial charge in [0.1, 0.15) is 11.9 Å². The summed E-state index contributed by atoms with van der Waals surface area (Å²) in [4.78, 5) is 10.5. The van der Waals surface area contributed by atoms with E-state index in [2.05, 4.69) is 34.6 Å². The molecule has 4 heteroatoms. The monoisotopic (exact) mass is 249 g/mol. The highest BCUT2D eigenvalue weighted by Crippen LogP contribution is 2.49. The SMILES string of the molecule is CC(C)(C)C1Oc2ccc([N+](=O)[O-])cc2C1(C)C. The van der Waals surface area contributed by atoms with E-state index in [1.165, 1.54) is 6.07 Å². The largest absolute Gasteiger partial charge is 0.489 e. The van der Waals surface area contributed by atoms with Gasteiger partial charge >= 0.3 is 0 Å². The number of rotatable bonds is 1. The summed E-state index contributed by atoms with van der Waals surface area (Å²) in [7, 11) is 0. The summed E-state index contributed by atoms with van der Waals surface area (Å²) < 4.78 is 6.00. The van der Waals surface area contributed by atoms with Gasteiger partial charge in [-0.2, -0.15) is 0 Å². The normalized spacial score (nSPS) is 21.3. The average molecular weight is 249 g/mol. The lowest BCUT2D eigenvalue weighted by Crippen LogP contribution is -2.42. The molecule has 1 aromatic rings. The third-order valence-corrected chi connectivity index (χ3v) is 3.55. The van der Waals surface area contributed by atoms with Gasteiger partial charge in [-0.25, -0.2) is 0 Å². The molecule has 18 heavy (non-hydrogen) atoms. The third kappa shape index (κ3) is 1.85. The molecule has 1 heterocycles. The van der Waals surface area contributed by atoms with Crippen molar-refractivity contribution in [3.63, 3.8) is 0 Å². The van der Waals surface area contributed by atoms with E-state index in [4.69, 9.17) is 4.74 Å². The molecule has 1 aromatic carbocycles. The predicted octanol–water partition coefficient (Wildman–Crippen LogP) is 3.68. The van der Waals surface area contributed by atoms with Crippen LogP contribution >= 0.6 is 0 Å². The van der Waals surface area contributed by atoms with Crippen molar-refractivity contribution in [1.29, 1.82) is 0 Å². The van der Waals surface area contributed by atoms with E-state index in [1.54, 1.807) is 12.1 Å². The van der Waals surface area contributed by atoms with Gasteiger partial charge in [0.05, 0.1) is 4.92 Å². The third-order valence-electron chi connectivity index (χ3n) is 3.55. The highest BCUT2D eigenvalue weighted by atomic mass is 16.6. The molecular weight excluding hydrogens is 230 g/mol. The summed E-state index contributed by atoms with van der Waals surface area (Å²) >= 11 is 0. The molecule has 1 atom stereocenters. The van der Waals surface area contributed by atoms with Crippen LogP contribution in [0.2, 0.25) is 0 Å². The van der Waals surface area contributed by atoms with Gasteiger partial charge < -0.3 is 4.74 Å². The Hall–Kier alpha value is -1.58. The maximum absolute atomic E-state index is 10.9. The second kappa shape index (κ2) is 3.70. The van der Waals surface area contributed by atoms with Gasteiger partial charge in [-0.05, 0) is 11.5 Å². The Morgan fingerprint density at radius 1 is 1.33 bits per heavy atom. The Labute approximate surface area is 107 Å². The van der Waals surface area contributed by atoms with Crippen molar-refractivity contribution in [2.75, 3.05) is 0 Å². The number of ether oxygens (including phenoxy) is 1. The summed E-state index contributed by atoms with van der Waals surface area (Å²) in [6, 6.07) is 4.85. The molecule has 0 radical (unpaired) electrons. The number of hydrogen-bond donors (Lipinski definition) is 0. The Bertz CT molecular complexity index is 500. The van der Waals surface area contributed by atoms with E-state index in [0.717, 1.165) is 11.3 Å². The van der Waals surface area contributed by atoms with Gasteiger partial charge in [0.2, 0.25) is 0 Å². The van der Waals surface area contributed by atoms with Crippen molar-refractivity contribution in [3.8, 4) is 5.75 Å². The van der Waals surface area contributed by atoms with Crippen LogP contribution in [0.4, 0.5) is 5.69 Å². The van der Waals surface area contributed by atoms with Crippen LogP contribution in [0.15, 0.2) is 18.2 Å². The minimum atomic E-state index is -0.360. The fraction of sp³-hybridized carbons (Fsp3) is 0.571. The number of benzene rings is 1. The fourth-order valence-corrected chi connectivity index (χ4v) is 2.91. The Kier molecular flexibility index (Phi) is 2.65. The van der Waals surface area contributed by atoms with Crippen molar-refractivity contribution in [3.05, 3.63) is 33.9 Å². The molecule has 0 spiro atoms. The summed E-state index contributed by atoms with van der Waals surface area (Å²) in [5.41, 5.74) is 0.813. The summed E-state index contributed by atoms with van der Waals surface area (Å²) in [6.45, 7) is 10.5. The van der Waals surface area contributed by atoms with E-state index in [1.807, 2.05) is 0 Å². The van der Waals surface area contributed by atoms with Crippen molar-refractivity contribution >= 4 is 5.69 Å². The molecule has 4 nitrogen and oxygen atoms in total. The van der Waals surface area contributed by atoms with Crippen LogP contribution < -0.4 is 4.74 Å². The molecule has 1 aliphatic rings. The number of hydrogen-bond acceptors (Lipinski definition) is 3. The van der Waals surface area contributed by atoms with Gasteiger partial charge in [-0.1, -0.05) is 34.6 Å². The Morgan fingerprint density at radius 3 is 2.44 bits per heavy atom. The van der Waals surface area contributed by atoms with Crippen LogP contribution in [-0.2, 0) is 5.41 Å². The van der Waals surface area contributed by atoms with Crippen molar-refractivity contribution in [1.82, 2.24) is 0 Å². The molecule has 0 fully saturated rings. The fourth-order valence-electron chi connectivity index (χ4n) is 2.91. The molecule has 98 valence electrons. The lowest BCUT2D eigenvalue weighted by atomic mass is 9.71.